The lowest BCUT2D eigenvalue weighted by Gasteiger charge is -2.30. The fourth-order valence-electron chi connectivity index (χ4n) is 2.41. The topological polar surface area (TPSA) is 104 Å². The summed E-state index contributed by atoms with van der Waals surface area (Å²) in [4.78, 5) is 24.2. The van der Waals surface area contributed by atoms with Gasteiger partial charge in [0, 0.05) is 13.1 Å². The molecular formula is C14H16Cl2N2O5S. The van der Waals surface area contributed by atoms with E-state index in [0.717, 1.165) is 0 Å². The molecule has 0 aliphatic carbocycles. The summed E-state index contributed by atoms with van der Waals surface area (Å²) in [5.41, 5.74) is 0. The first-order valence-corrected chi connectivity index (χ1v) is 9.40. The lowest BCUT2D eigenvalue weighted by Crippen LogP contribution is -2.45. The van der Waals surface area contributed by atoms with Gasteiger partial charge in [-0.25, -0.2) is 13.1 Å². The highest BCUT2D eigenvalue weighted by Crippen LogP contribution is 2.28. The van der Waals surface area contributed by atoms with Gasteiger partial charge in [-0.1, -0.05) is 29.3 Å². The number of carboxylic acids is 1. The molecule has 1 aliphatic rings. The maximum Gasteiger partial charge on any atom is 0.306 e. The van der Waals surface area contributed by atoms with Gasteiger partial charge in [-0.3, -0.25) is 9.59 Å². The lowest BCUT2D eigenvalue weighted by atomic mass is 9.97. The molecule has 10 heteroatoms. The second-order valence-electron chi connectivity index (χ2n) is 5.37. The maximum atomic E-state index is 12.2. The summed E-state index contributed by atoms with van der Waals surface area (Å²) in [6.45, 7) is 0.147. The molecule has 1 aliphatic heterocycles. The number of halogens is 2. The van der Waals surface area contributed by atoms with Gasteiger partial charge in [-0.05, 0) is 25.0 Å². The van der Waals surface area contributed by atoms with Crippen LogP contribution in [-0.2, 0) is 19.6 Å². The zero-order valence-corrected chi connectivity index (χ0v) is 14.9. The molecule has 1 saturated heterocycles. The van der Waals surface area contributed by atoms with Crippen LogP contribution in [0.15, 0.2) is 23.1 Å². The number of carbonyl (C=O) groups is 2. The van der Waals surface area contributed by atoms with Gasteiger partial charge in [-0.15, -0.1) is 0 Å². The molecule has 7 nitrogen and oxygen atoms in total. The second kappa shape index (κ2) is 7.69. The fourth-order valence-corrected chi connectivity index (χ4v) is 4.15. The van der Waals surface area contributed by atoms with Crippen LogP contribution in [0, 0.1) is 5.92 Å². The van der Waals surface area contributed by atoms with Gasteiger partial charge in [0.1, 0.15) is 4.90 Å². The van der Waals surface area contributed by atoms with Crippen molar-refractivity contribution >= 4 is 45.1 Å². The minimum atomic E-state index is -3.98. The Bertz CT molecular complexity index is 746. The van der Waals surface area contributed by atoms with Gasteiger partial charge in [0.25, 0.3) is 0 Å². The third-order valence-electron chi connectivity index (χ3n) is 3.82. The molecule has 1 aromatic rings. The summed E-state index contributed by atoms with van der Waals surface area (Å²) >= 11 is 11.7. The summed E-state index contributed by atoms with van der Waals surface area (Å²) in [7, 11) is -3.98. The van der Waals surface area contributed by atoms with Gasteiger partial charge < -0.3 is 10.0 Å². The van der Waals surface area contributed by atoms with Crippen LogP contribution in [0.25, 0.3) is 0 Å². The van der Waals surface area contributed by atoms with Crippen LogP contribution in [0.3, 0.4) is 0 Å². The Balaban J connectivity index is 1.96. The Morgan fingerprint density at radius 3 is 2.46 bits per heavy atom. The Morgan fingerprint density at radius 2 is 1.88 bits per heavy atom. The zero-order valence-electron chi connectivity index (χ0n) is 12.5. The second-order valence-corrected chi connectivity index (χ2v) is 7.89. The van der Waals surface area contributed by atoms with E-state index in [1.165, 1.54) is 23.1 Å². The van der Waals surface area contributed by atoms with E-state index in [9.17, 15) is 18.0 Å². The van der Waals surface area contributed by atoms with Crippen molar-refractivity contribution in [2.24, 2.45) is 5.92 Å². The van der Waals surface area contributed by atoms with Gasteiger partial charge in [0.05, 0.1) is 22.5 Å². The third-order valence-corrected chi connectivity index (χ3v) is 6.19. The van der Waals surface area contributed by atoms with E-state index in [1.807, 2.05) is 0 Å². The first kappa shape index (κ1) is 19.0. The molecule has 0 spiro atoms. The van der Waals surface area contributed by atoms with Crippen molar-refractivity contribution in [2.45, 2.75) is 17.7 Å². The van der Waals surface area contributed by atoms with Crippen LogP contribution in [0.2, 0.25) is 10.0 Å². The molecule has 0 aromatic heterocycles. The number of rotatable bonds is 5. The number of likely N-dealkylation sites (tertiary alicyclic amines) is 1. The zero-order chi connectivity index (χ0) is 17.9. The molecule has 0 atom stereocenters. The molecule has 0 saturated carbocycles. The van der Waals surface area contributed by atoms with Crippen molar-refractivity contribution in [2.75, 3.05) is 19.6 Å². The Kier molecular flexibility index (Phi) is 6.08. The number of nitrogens with one attached hydrogen (secondary N) is 1. The van der Waals surface area contributed by atoms with Crippen LogP contribution in [0.5, 0.6) is 0 Å². The molecule has 2 N–H and O–H groups in total. The Hall–Kier alpha value is -1.35. The SMILES string of the molecule is O=C(O)C1CCN(C(=O)CNS(=O)(=O)c2cccc(Cl)c2Cl)CC1. The highest BCUT2D eigenvalue weighted by Gasteiger charge is 2.28. The molecule has 0 bridgehead atoms. The molecule has 132 valence electrons. The van der Waals surface area contributed by atoms with E-state index >= 15 is 0 Å². The van der Waals surface area contributed by atoms with Gasteiger partial charge in [-0.2, -0.15) is 0 Å². The van der Waals surface area contributed by atoms with Gasteiger partial charge in [0.15, 0.2) is 0 Å². The van der Waals surface area contributed by atoms with Crippen LogP contribution in [-0.4, -0.2) is 49.9 Å². The number of carbonyl (C=O) groups excluding carboxylic acids is 1. The summed E-state index contributed by atoms with van der Waals surface area (Å²) < 4.78 is 26.7. The van der Waals surface area contributed by atoms with Crippen molar-refractivity contribution in [3.8, 4) is 0 Å². The number of nitrogens with zero attached hydrogens (tertiary/aromatic N) is 1. The molecule has 1 amide bonds. The van der Waals surface area contributed by atoms with E-state index in [-0.39, 0.29) is 28.0 Å². The number of carboxylic acid groups (broad SMARTS) is 1. The molecule has 24 heavy (non-hydrogen) atoms. The predicted octanol–water partition coefficient (Wildman–Crippen LogP) is 1.59. The summed E-state index contributed by atoms with van der Waals surface area (Å²) in [5, 5.41) is 8.92. The average molecular weight is 395 g/mol. The van der Waals surface area contributed by atoms with Crippen LogP contribution < -0.4 is 4.72 Å². The highest BCUT2D eigenvalue weighted by atomic mass is 35.5. The van der Waals surface area contributed by atoms with E-state index in [0.29, 0.717) is 12.8 Å². The smallest absolute Gasteiger partial charge is 0.306 e. The first-order chi connectivity index (χ1) is 11.2. The van der Waals surface area contributed by atoms with Crippen molar-refractivity contribution in [3.05, 3.63) is 28.2 Å². The first-order valence-electron chi connectivity index (χ1n) is 7.16. The number of hydrogen-bond donors (Lipinski definition) is 2. The van der Waals surface area contributed by atoms with Crippen LogP contribution in [0.4, 0.5) is 0 Å². The minimum absolute atomic E-state index is 0.0987. The van der Waals surface area contributed by atoms with E-state index in [4.69, 9.17) is 28.3 Å². The predicted molar refractivity (Wildman–Crippen MR) is 88.6 cm³/mol. The standard InChI is InChI=1S/C14H16Cl2N2O5S/c15-10-2-1-3-11(13(10)16)24(22,23)17-8-12(19)18-6-4-9(5-7-18)14(20)21/h1-3,9,17H,4-8H2,(H,20,21). The van der Waals surface area contributed by atoms with Crippen molar-refractivity contribution < 1.29 is 23.1 Å². The Morgan fingerprint density at radius 1 is 1.25 bits per heavy atom. The molecule has 1 heterocycles. The summed E-state index contributed by atoms with van der Waals surface area (Å²) in [6.07, 6.45) is 0.710. The largest absolute Gasteiger partial charge is 0.481 e. The molecule has 0 unspecified atom stereocenters. The lowest BCUT2D eigenvalue weighted by molar-refractivity contribution is -0.145. The van der Waals surface area contributed by atoms with Crippen LogP contribution >= 0.6 is 23.2 Å². The molecule has 2 rings (SSSR count). The van der Waals surface area contributed by atoms with E-state index in [1.54, 1.807) is 0 Å². The van der Waals surface area contributed by atoms with Crippen molar-refractivity contribution in [3.63, 3.8) is 0 Å². The van der Waals surface area contributed by atoms with Crippen molar-refractivity contribution in [1.82, 2.24) is 9.62 Å². The monoisotopic (exact) mass is 394 g/mol. The normalized spacial score (nSPS) is 16.2. The van der Waals surface area contributed by atoms with E-state index < -0.39 is 34.4 Å². The average Bonchev–Trinajstić information content (AvgIpc) is 2.55. The third kappa shape index (κ3) is 4.38. The summed E-state index contributed by atoms with van der Waals surface area (Å²) in [5.74, 6) is -1.75. The number of benzene rings is 1. The number of aliphatic carboxylic acids is 1. The van der Waals surface area contributed by atoms with Crippen LogP contribution in [0.1, 0.15) is 12.8 Å². The fraction of sp³-hybridized carbons (Fsp3) is 0.429. The minimum Gasteiger partial charge on any atom is -0.481 e. The molecule has 1 fully saturated rings. The summed E-state index contributed by atoms with van der Waals surface area (Å²) in [6, 6.07) is 4.20. The van der Waals surface area contributed by atoms with Crippen molar-refractivity contribution in [1.29, 1.82) is 0 Å². The van der Waals surface area contributed by atoms with Gasteiger partial charge in [0.2, 0.25) is 15.9 Å². The molecule has 1 aromatic carbocycles. The quantitative estimate of drug-likeness (QED) is 0.788. The van der Waals surface area contributed by atoms with Gasteiger partial charge >= 0.3 is 5.97 Å². The number of piperidine rings is 1. The number of hydrogen-bond acceptors (Lipinski definition) is 4. The maximum absolute atomic E-state index is 12.2. The van der Waals surface area contributed by atoms with E-state index in [2.05, 4.69) is 4.72 Å². The highest BCUT2D eigenvalue weighted by molar-refractivity contribution is 7.89. The number of amides is 1. The Labute approximate surface area is 149 Å². The molecular weight excluding hydrogens is 379 g/mol. The number of sulfonamides is 1. The molecule has 0 radical (unpaired) electrons.